The number of aromatic nitrogens is 3. The SMILES string of the molecule is C[C@@H]1CN(Cc2ncnn2-c2ccccc2)C[C@@H](c2ccsc2)O1. The predicted molar refractivity (Wildman–Crippen MR) is 94.2 cm³/mol. The van der Waals surface area contributed by atoms with E-state index < -0.39 is 0 Å². The Kier molecular flexibility index (Phi) is 4.42. The van der Waals surface area contributed by atoms with Crippen molar-refractivity contribution in [3.8, 4) is 5.69 Å². The molecule has 0 saturated carbocycles. The van der Waals surface area contributed by atoms with Gasteiger partial charge in [0.15, 0.2) is 0 Å². The molecule has 2 atom stereocenters. The van der Waals surface area contributed by atoms with Crippen molar-refractivity contribution in [3.63, 3.8) is 0 Å². The van der Waals surface area contributed by atoms with Crippen molar-refractivity contribution < 1.29 is 4.74 Å². The van der Waals surface area contributed by atoms with E-state index in [2.05, 4.69) is 38.7 Å². The molecule has 0 unspecified atom stereocenters. The van der Waals surface area contributed by atoms with Gasteiger partial charge in [0, 0.05) is 13.1 Å². The summed E-state index contributed by atoms with van der Waals surface area (Å²) in [6, 6.07) is 12.3. The molecule has 1 aliphatic rings. The maximum Gasteiger partial charge on any atom is 0.146 e. The van der Waals surface area contributed by atoms with Gasteiger partial charge in [-0.15, -0.1) is 0 Å². The quantitative estimate of drug-likeness (QED) is 0.731. The fraction of sp³-hybridized carbons (Fsp3) is 0.333. The first-order valence-electron chi connectivity index (χ1n) is 8.14. The molecule has 124 valence electrons. The van der Waals surface area contributed by atoms with Crippen LogP contribution in [0.5, 0.6) is 0 Å². The Morgan fingerprint density at radius 2 is 2.08 bits per heavy atom. The molecule has 1 aromatic carbocycles. The zero-order valence-electron chi connectivity index (χ0n) is 13.6. The van der Waals surface area contributed by atoms with Crippen molar-refractivity contribution in [2.45, 2.75) is 25.7 Å². The summed E-state index contributed by atoms with van der Waals surface area (Å²) in [5.41, 5.74) is 2.31. The zero-order valence-corrected chi connectivity index (χ0v) is 14.4. The Labute approximate surface area is 145 Å². The molecule has 24 heavy (non-hydrogen) atoms. The highest BCUT2D eigenvalue weighted by atomic mass is 32.1. The molecule has 0 N–H and O–H groups in total. The first-order valence-corrected chi connectivity index (χ1v) is 9.08. The summed E-state index contributed by atoms with van der Waals surface area (Å²) in [4.78, 5) is 6.87. The number of hydrogen-bond acceptors (Lipinski definition) is 5. The lowest BCUT2D eigenvalue weighted by Crippen LogP contribution is -2.42. The Balaban J connectivity index is 1.52. The second-order valence-corrected chi connectivity index (χ2v) is 6.89. The van der Waals surface area contributed by atoms with Crippen molar-refractivity contribution in [2.24, 2.45) is 0 Å². The van der Waals surface area contributed by atoms with Gasteiger partial charge in [-0.25, -0.2) is 9.67 Å². The minimum atomic E-state index is 0.132. The molecule has 4 rings (SSSR count). The molecular weight excluding hydrogens is 320 g/mol. The number of rotatable bonds is 4. The summed E-state index contributed by atoms with van der Waals surface area (Å²) in [6.07, 6.45) is 1.97. The maximum absolute atomic E-state index is 6.12. The molecule has 3 heterocycles. The second-order valence-electron chi connectivity index (χ2n) is 6.11. The van der Waals surface area contributed by atoms with Gasteiger partial charge < -0.3 is 4.74 Å². The Hall–Kier alpha value is -2.02. The second kappa shape index (κ2) is 6.84. The summed E-state index contributed by atoms with van der Waals surface area (Å²) in [5, 5.41) is 8.67. The van der Waals surface area contributed by atoms with E-state index in [1.165, 1.54) is 5.56 Å². The topological polar surface area (TPSA) is 43.2 Å². The Bertz CT molecular complexity index is 771. The van der Waals surface area contributed by atoms with E-state index >= 15 is 0 Å². The third-order valence-corrected chi connectivity index (χ3v) is 4.94. The lowest BCUT2D eigenvalue weighted by atomic mass is 10.1. The van der Waals surface area contributed by atoms with Crippen LogP contribution < -0.4 is 0 Å². The van der Waals surface area contributed by atoms with Gasteiger partial charge in [-0.05, 0) is 41.4 Å². The molecule has 0 aliphatic carbocycles. The number of hydrogen-bond donors (Lipinski definition) is 0. The molecule has 1 fully saturated rings. The Morgan fingerprint density at radius 3 is 2.88 bits per heavy atom. The van der Waals surface area contributed by atoms with E-state index in [4.69, 9.17) is 4.74 Å². The monoisotopic (exact) mass is 340 g/mol. The lowest BCUT2D eigenvalue weighted by molar-refractivity contribution is -0.0819. The van der Waals surface area contributed by atoms with Crippen molar-refractivity contribution in [1.29, 1.82) is 0 Å². The maximum atomic E-state index is 6.12. The van der Waals surface area contributed by atoms with Crippen LogP contribution in [0, 0.1) is 0 Å². The van der Waals surface area contributed by atoms with Gasteiger partial charge in [0.25, 0.3) is 0 Å². The molecule has 0 bridgehead atoms. The molecule has 0 radical (unpaired) electrons. The number of thiophene rings is 1. The predicted octanol–water partition coefficient (Wildman–Crippen LogP) is 3.29. The smallest absolute Gasteiger partial charge is 0.146 e. The lowest BCUT2D eigenvalue weighted by Gasteiger charge is -2.36. The van der Waals surface area contributed by atoms with Crippen molar-refractivity contribution in [1.82, 2.24) is 19.7 Å². The van der Waals surface area contributed by atoms with E-state index in [9.17, 15) is 0 Å². The van der Waals surface area contributed by atoms with Gasteiger partial charge in [-0.2, -0.15) is 16.4 Å². The summed E-state index contributed by atoms with van der Waals surface area (Å²) >= 11 is 1.72. The van der Waals surface area contributed by atoms with Crippen LogP contribution in [0.25, 0.3) is 5.69 Å². The minimum absolute atomic E-state index is 0.132. The van der Waals surface area contributed by atoms with E-state index in [1.807, 2.05) is 35.0 Å². The molecule has 1 saturated heterocycles. The van der Waals surface area contributed by atoms with Crippen LogP contribution in [0.15, 0.2) is 53.5 Å². The molecule has 0 amide bonds. The van der Waals surface area contributed by atoms with Gasteiger partial charge in [-0.1, -0.05) is 18.2 Å². The van der Waals surface area contributed by atoms with Crippen molar-refractivity contribution in [2.75, 3.05) is 13.1 Å². The van der Waals surface area contributed by atoms with Gasteiger partial charge in [0.2, 0.25) is 0 Å². The number of para-hydroxylation sites is 1. The van der Waals surface area contributed by atoms with Crippen LogP contribution in [-0.4, -0.2) is 38.9 Å². The number of morpholine rings is 1. The van der Waals surface area contributed by atoms with Crippen molar-refractivity contribution in [3.05, 3.63) is 64.9 Å². The highest BCUT2D eigenvalue weighted by Crippen LogP contribution is 2.27. The third-order valence-electron chi connectivity index (χ3n) is 4.24. The standard InChI is InChI=1S/C18H20N4OS/c1-14-9-21(10-17(23-14)15-7-8-24-12-15)11-18-19-13-20-22(18)16-5-3-2-4-6-16/h2-8,12-14,17H,9-11H2,1H3/t14-,17+/m1/s1. The van der Waals surface area contributed by atoms with E-state index in [1.54, 1.807) is 17.7 Å². The fourth-order valence-electron chi connectivity index (χ4n) is 3.17. The normalized spacial score (nSPS) is 21.9. The first-order chi connectivity index (χ1) is 11.8. The molecule has 3 aromatic rings. The summed E-state index contributed by atoms with van der Waals surface area (Å²) in [5.74, 6) is 0.958. The fourth-order valence-corrected chi connectivity index (χ4v) is 3.87. The molecule has 2 aromatic heterocycles. The van der Waals surface area contributed by atoms with Gasteiger partial charge in [0.05, 0.1) is 24.4 Å². The van der Waals surface area contributed by atoms with Crippen LogP contribution in [0.1, 0.15) is 24.4 Å². The molecule has 1 aliphatic heterocycles. The van der Waals surface area contributed by atoms with Crippen molar-refractivity contribution >= 4 is 11.3 Å². The van der Waals surface area contributed by atoms with Gasteiger partial charge >= 0.3 is 0 Å². The highest BCUT2D eigenvalue weighted by molar-refractivity contribution is 7.07. The van der Waals surface area contributed by atoms with Crippen LogP contribution in [0.3, 0.4) is 0 Å². The first kappa shape index (κ1) is 15.5. The number of ether oxygens (including phenoxy) is 1. The van der Waals surface area contributed by atoms with Crippen LogP contribution in [0.2, 0.25) is 0 Å². The average molecular weight is 340 g/mol. The molecular formula is C18H20N4OS. The summed E-state index contributed by atoms with van der Waals surface area (Å²) in [7, 11) is 0. The zero-order chi connectivity index (χ0) is 16.4. The molecule has 5 nitrogen and oxygen atoms in total. The van der Waals surface area contributed by atoms with Gasteiger partial charge in [0.1, 0.15) is 12.2 Å². The third kappa shape index (κ3) is 3.26. The number of benzene rings is 1. The highest BCUT2D eigenvalue weighted by Gasteiger charge is 2.27. The van der Waals surface area contributed by atoms with Crippen LogP contribution >= 0.6 is 11.3 Å². The largest absolute Gasteiger partial charge is 0.368 e. The van der Waals surface area contributed by atoms with Crippen LogP contribution in [-0.2, 0) is 11.3 Å². The van der Waals surface area contributed by atoms with E-state index in [0.29, 0.717) is 0 Å². The molecule has 0 spiro atoms. The van der Waals surface area contributed by atoms with Gasteiger partial charge in [-0.3, -0.25) is 4.90 Å². The van der Waals surface area contributed by atoms with E-state index in [0.717, 1.165) is 31.1 Å². The van der Waals surface area contributed by atoms with E-state index in [-0.39, 0.29) is 12.2 Å². The Morgan fingerprint density at radius 1 is 1.21 bits per heavy atom. The molecule has 6 heteroatoms. The summed E-state index contributed by atoms with van der Waals surface area (Å²) < 4.78 is 8.03. The summed E-state index contributed by atoms with van der Waals surface area (Å²) in [6.45, 7) is 4.68. The van der Waals surface area contributed by atoms with Crippen LogP contribution in [0.4, 0.5) is 0 Å². The minimum Gasteiger partial charge on any atom is -0.368 e. The average Bonchev–Trinajstić information content (AvgIpc) is 3.27. The number of nitrogens with zero attached hydrogens (tertiary/aromatic N) is 4.